The van der Waals surface area contributed by atoms with Gasteiger partial charge in [0.2, 0.25) is 0 Å². The molecule has 1 aromatic carbocycles. The fraction of sp³-hybridized carbons (Fsp3) is 0.647. The van der Waals surface area contributed by atoms with Gasteiger partial charge in [-0.05, 0) is 59.4 Å². The van der Waals surface area contributed by atoms with E-state index in [0.717, 1.165) is 0 Å². The highest BCUT2D eigenvalue weighted by atomic mass is 14.2. The molecule has 0 N–H and O–H groups in total. The fourth-order valence-corrected chi connectivity index (χ4v) is 3.18. The second kappa shape index (κ2) is 5.25. The van der Waals surface area contributed by atoms with Crippen molar-refractivity contribution in [3.63, 3.8) is 0 Å². The maximum absolute atomic E-state index is 2.42. The number of aryl methyl sites for hydroxylation is 1. The maximum atomic E-state index is 2.42. The van der Waals surface area contributed by atoms with Gasteiger partial charge in [0.1, 0.15) is 0 Å². The van der Waals surface area contributed by atoms with Gasteiger partial charge in [0.05, 0.1) is 0 Å². The summed E-state index contributed by atoms with van der Waals surface area (Å²) in [7, 11) is 0. The summed E-state index contributed by atoms with van der Waals surface area (Å²) in [6, 6.07) is 2.42. The molecule has 0 atom stereocenters. The lowest BCUT2D eigenvalue weighted by Crippen LogP contribution is -2.08. The Morgan fingerprint density at radius 1 is 0.706 bits per heavy atom. The Hall–Kier alpha value is -0.780. The van der Waals surface area contributed by atoms with Crippen LogP contribution < -0.4 is 0 Å². The van der Waals surface area contributed by atoms with Crippen molar-refractivity contribution in [2.24, 2.45) is 0 Å². The molecule has 1 aromatic rings. The second-order valence-electron chi connectivity index (χ2n) is 6.20. The largest absolute Gasteiger partial charge is 0.0587 e. The van der Waals surface area contributed by atoms with Crippen molar-refractivity contribution >= 4 is 0 Å². The lowest BCUT2D eigenvalue weighted by atomic mass is 9.80. The summed E-state index contributed by atoms with van der Waals surface area (Å²) in [5.74, 6) is 1.85. The van der Waals surface area contributed by atoms with Crippen LogP contribution in [0.3, 0.4) is 0 Å². The van der Waals surface area contributed by atoms with Gasteiger partial charge in [-0.15, -0.1) is 0 Å². The first-order chi connectivity index (χ1) is 7.77. The van der Waals surface area contributed by atoms with E-state index in [4.69, 9.17) is 0 Å². The van der Waals surface area contributed by atoms with Crippen LogP contribution in [0.5, 0.6) is 0 Å². The third-order valence-corrected chi connectivity index (χ3v) is 3.69. The van der Waals surface area contributed by atoms with Crippen LogP contribution in [0, 0.1) is 13.8 Å². The van der Waals surface area contributed by atoms with Crippen LogP contribution in [-0.2, 0) is 0 Å². The van der Waals surface area contributed by atoms with Gasteiger partial charge in [-0.2, -0.15) is 0 Å². The van der Waals surface area contributed by atoms with Gasteiger partial charge in [-0.25, -0.2) is 0 Å². The summed E-state index contributed by atoms with van der Waals surface area (Å²) in [4.78, 5) is 0. The van der Waals surface area contributed by atoms with Gasteiger partial charge < -0.3 is 0 Å². The van der Waals surface area contributed by atoms with E-state index in [1.165, 1.54) is 11.1 Å². The Balaban J connectivity index is 3.58. The lowest BCUT2D eigenvalue weighted by Gasteiger charge is -2.25. The van der Waals surface area contributed by atoms with E-state index in [0.29, 0.717) is 17.8 Å². The summed E-state index contributed by atoms with van der Waals surface area (Å²) in [6.45, 7) is 18.4. The molecule has 0 heterocycles. The molecule has 1 rings (SSSR count). The summed E-state index contributed by atoms with van der Waals surface area (Å²) in [6.07, 6.45) is 0. The van der Waals surface area contributed by atoms with Crippen molar-refractivity contribution in [1.82, 2.24) is 0 Å². The Labute approximate surface area is 107 Å². The molecule has 0 nitrogen and oxygen atoms in total. The number of hydrogen-bond donors (Lipinski definition) is 0. The van der Waals surface area contributed by atoms with Gasteiger partial charge in [-0.1, -0.05) is 47.6 Å². The van der Waals surface area contributed by atoms with E-state index < -0.39 is 0 Å². The minimum absolute atomic E-state index is 0.616. The fourth-order valence-electron chi connectivity index (χ4n) is 3.18. The average molecular weight is 232 g/mol. The first-order valence-corrected chi connectivity index (χ1v) is 6.91. The zero-order valence-electron chi connectivity index (χ0n) is 12.8. The Morgan fingerprint density at radius 2 is 1.18 bits per heavy atom. The lowest BCUT2D eigenvalue weighted by molar-refractivity contribution is 0.762. The van der Waals surface area contributed by atoms with Crippen LogP contribution in [0.4, 0.5) is 0 Å². The molecule has 0 aliphatic rings. The molecule has 0 aliphatic heterocycles. The SMILES string of the molecule is Cc1cc(C(C)C)c(C(C)C)c(C)c1C(C)C. The highest BCUT2D eigenvalue weighted by molar-refractivity contribution is 5.49. The van der Waals surface area contributed by atoms with E-state index in [1.54, 1.807) is 16.7 Å². The van der Waals surface area contributed by atoms with Crippen molar-refractivity contribution in [3.8, 4) is 0 Å². The van der Waals surface area contributed by atoms with Crippen LogP contribution in [0.15, 0.2) is 6.07 Å². The zero-order chi connectivity index (χ0) is 13.3. The van der Waals surface area contributed by atoms with Crippen LogP contribution in [0.2, 0.25) is 0 Å². The topological polar surface area (TPSA) is 0 Å². The minimum atomic E-state index is 0.616. The molecule has 0 spiro atoms. The normalized spacial score (nSPS) is 11.9. The molecule has 0 heteroatoms. The highest BCUT2D eigenvalue weighted by Gasteiger charge is 2.18. The predicted molar refractivity (Wildman–Crippen MR) is 78.2 cm³/mol. The summed E-state index contributed by atoms with van der Waals surface area (Å²) < 4.78 is 0. The molecule has 96 valence electrons. The number of rotatable bonds is 3. The van der Waals surface area contributed by atoms with Gasteiger partial charge in [0.25, 0.3) is 0 Å². The summed E-state index contributed by atoms with van der Waals surface area (Å²) >= 11 is 0. The first kappa shape index (κ1) is 14.3. The molecule has 0 amide bonds. The van der Waals surface area contributed by atoms with Crippen LogP contribution in [0.1, 0.15) is 87.1 Å². The van der Waals surface area contributed by atoms with E-state index in [1.807, 2.05) is 0 Å². The van der Waals surface area contributed by atoms with Gasteiger partial charge in [-0.3, -0.25) is 0 Å². The molecular weight excluding hydrogens is 204 g/mol. The highest BCUT2D eigenvalue weighted by Crippen LogP contribution is 2.35. The van der Waals surface area contributed by atoms with Crippen LogP contribution in [0.25, 0.3) is 0 Å². The van der Waals surface area contributed by atoms with Crippen LogP contribution >= 0.6 is 0 Å². The van der Waals surface area contributed by atoms with Crippen LogP contribution in [-0.4, -0.2) is 0 Å². The Bertz CT molecular complexity index is 395. The smallest absolute Gasteiger partial charge is 0.0213 e. The molecule has 0 aliphatic carbocycles. The quantitative estimate of drug-likeness (QED) is 0.629. The van der Waals surface area contributed by atoms with Crippen molar-refractivity contribution < 1.29 is 0 Å². The molecule has 0 bridgehead atoms. The minimum Gasteiger partial charge on any atom is -0.0587 e. The third-order valence-electron chi connectivity index (χ3n) is 3.69. The number of hydrogen-bond acceptors (Lipinski definition) is 0. The zero-order valence-corrected chi connectivity index (χ0v) is 12.8. The molecule has 0 aromatic heterocycles. The van der Waals surface area contributed by atoms with Gasteiger partial charge in [0.15, 0.2) is 0 Å². The standard InChI is InChI=1S/C17H28/c1-10(2)15-9-13(7)16(11(3)4)14(8)17(15)12(5)6/h9-12H,1-8H3. The molecule has 17 heavy (non-hydrogen) atoms. The monoisotopic (exact) mass is 232 g/mol. The molecule has 0 radical (unpaired) electrons. The third kappa shape index (κ3) is 2.73. The Kier molecular flexibility index (Phi) is 4.41. The van der Waals surface area contributed by atoms with Gasteiger partial charge in [0, 0.05) is 0 Å². The molecule has 0 saturated heterocycles. The molecule has 0 saturated carbocycles. The van der Waals surface area contributed by atoms with E-state index in [9.17, 15) is 0 Å². The van der Waals surface area contributed by atoms with Gasteiger partial charge >= 0.3 is 0 Å². The van der Waals surface area contributed by atoms with Crippen molar-refractivity contribution in [2.75, 3.05) is 0 Å². The Morgan fingerprint density at radius 3 is 1.53 bits per heavy atom. The summed E-state index contributed by atoms with van der Waals surface area (Å²) in [5.41, 5.74) is 7.66. The maximum Gasteiger partial charge on any atom is -0.0213 e. The van der Waals surface area contributed by atoms with Crippen molar-refractivity contribution in [2.45, 2.75) is 73.1 Å². The molecule has 0 unspecified atom stereocenters. The molecule has 0 fully saturated rings. The second-order valence-corrected chi connectivity index (χ2v) is 6.20. The molecular formula is C17H28. The average Bonchev–Trinajstić information content (AvgIpc) is 2.14. The first-order valence-electron chi connectivity index (χ1n) is 6.91. The van der Waals surface area contributed by atoms with E-state index in [-0.39, 0.29) is 0 Å². The van der Waals surface area contributed by atoms with Crippen molar-refractivity contribution in [3.05, 3.63) is 33.9 Å². The van der Waals surface area contributed by atoms with E-state index >= 15 is 0 Å². The van der Waals surface area contributed by atoms with Crippen molar-refractivity contribution in [1.29, 1.82) is 0 Å². The number of benzene rings is 1. The summed E-state index contributed by atoms with van der Waals surface area (Å²) in [5, 5.41) is 0. The predicted octanol–water partition coefficient (Wildman–Crippen LogP) is 5.67. The van der Waals surface area contributed by atoms with E-state index in [2.05, 4.69) is 61.5 Å².